The summed E-state index contributed by atoms with van der Waals surface area (Å²) in [6.45, 7) is 2.24. The van der Waals surface area contributed by atoms with E-state index in [-0.39, 0.29) is 5.82 Å². The maximum atomic E-state index is 13.4. The molecule has 0 fully saturated rings. The van der Waals surface area contributed by atoms with Crippen LogP contribution < -0.4 is 0 Å². The van der Waals surface area contributed by atoms with E-state index in [1.54, 1.807) is 11.3 Å². The third-order valence-electron chi connectivity index (χ3n) is 6.54. The summed E-state index contributed by atoms with van der Waals surface area (Å²) in [5.74, 6) is 0.0791. The van der Waals surface area contributed by atoms with Crippen molar-refractivity contribution in [3.8, 4) is 22.4 Å². The molecule has 0 aliphatic heterocycles. The molecule has 1 nitrogen and oxygen atoms in total. The second-order valence-corrected chi connectivity index (χ2v) is 9.66. The predicted molar refractivity (Wildman–Crippen MR) is 142 cm³/mol. The lowest BCUT2D eigenvalue weighted by Gasteiger charge is -2.13. The van der Waals surface area contributed by atoms with Crippen LogP contribution in [0.2, 0.25) is 0 Å². The number of pyridine rings is 1. The average Bonchev–Trinajstić information content (AvgIpc) is 3.27. The van der Waals surface area contributed by atoms with Gasteiger partial charge in [-0.25, -0.2) is 4.39 Å². The zero-order chi connectivity index (χ0) is 23.1. The maximum Gasteiger partial charge on any atom is 0.123 e. The van der Waals surface area contributed by atoms with Crippen molar-refractivity contribution in [2.24, 2.45) is 0 Å². The van der Waals surface area contributed by atoms with Crippen LogP contribution in [0.15, 0.2) is 109 Å². The van der Waals surface area contributed by atoms with Crippen molar-refractivity contribution in [2.75, 3.05) is 0 Å². The summed E-state index contributed by atoms with van der Waals surface area (Å²) in [5, 5.41) is 2.48. The third-order valence-corrected chi connectivity index (χ3v) is 7.74. The van der Waals surface area contributed by atoms with Gasteiger partial charge in [-0.3, -0.25) is 4.98 Å². The van der Waals surface area contributed by atoms with Crippen LogP contribution in [0.25, 0.3) is 42.6 Å². The number of hydrogen-bond donors (Lipinski definition) is 0. The van der Waals surface area contributed by atoms with E-state index in [4.69, 9.17) is 4.98 Å². The van der Waals surface area contributed by atoms with Crippen LogP contribution in [0.4, 0.5) is 4.39 Å². The van der Waals surface area contributed by atoms with Crippen LogP contribution in [-0.2, 0) is 0 Å². The normalized spacial score (nSPS) is 12.3. The molecule has 0 amide bonds. The molecule has 2 aromatic heterocycles. The average molecular weight is 460 g/mol. The molecule has 0 aliphatic rings. The molecule has 1 atom stereocenters. The summed E-state index contributed by atoms with van der Waals surface area (Å²) < 4.78 is 15.8. The minimum Gasteiger partial charge on any atom is -0.256 e. The van der Waals surface area contributed by atoms with E-state index in [1.807, 2.05) is 18.3 Å². The summed E-state index contributed by atoms with van der Waals surface area (Å²) in [4.78, 5) is 4.75. The molecular weight excluding hydrogens is 437 g/mol. The Morgan fingerprint density at radius 2 is 1.50 bits per heavy atom. The van der Waals surface area contributed by atoms with Gasteiger partial charge in [0.25, 0.3) is 0 Å². The van der Waals surface area contributed by atoms with Gasteiger partial charge in [0.15, 0.2) is 0 Å². The smallest absolute Gasteiger partial charge is 0.123 e. The second kappa shape index (κ2) is 8.51. The van der Waals surface area contributed by atoms with Gasteiger partial charge in [-0.15, -0.1) is 11.3 Å². The monoisotopic (exact) mass is 459 g/mol. The molecule has 34 heavy (non-hydrogen) atoms. The maximum absolute atomic E-state index is 13.4. The van der Waals surface area contributed by atoms with E-state index in [9.17, 15) is 4.39 Å². The minimum absolute atomic E-state index is 0.215. The molecule has 6 aromatic rings. The number of fused-ring (bicyclic) bond motifs is 3. The van der Waals surface area contributed by atoms with E-state index < -0.39 is 0 Å². The highest BCUT2D eigenvalue weighted by Gasteiger charge is 2.14. The van der Waals surface area contributed by atoms with Crippen molar-refractivity contribution in [1.82, 2.24) is 4.98 Å². The molecule has 0 saturated heterocycles. The molecule has 164 valence electrons. The van der Waals surface area contributed by atoms with E-state index >= 15 is 0 Å². The van der Waals surface area contributed by atoms with Crippen molar-refractivity contribution in [2.45, 2.75) is 12.8 Å². The molecule has 2 heterocycles. The zero-order valence-electron chi connectivity index (χ0n) is 18.7. The number of rotatable bonds is 4. The molecule has 0 N–H and O–H groups in total. The summed E-state index contributed by atoms with van der Waals surface area (Å²) in [6.07, 6.45) is 1.92. The molecule has 3 heteroatoms. The first kappa shape index (κ1) is 20.8. The van der Waals surface area contributed by atoms with Gasteiger partial charge in [0.2, 0.25) is 0 Å². The lowest BCUT2D eigenvalue weighted by molar-refractivity contribution is 0.628. The van der Waals surface area contributed by atoms with Crippen LogP contribution >= 0.6 is 11.3 Å². The van der Waals surface area contributed by atoms with Gasteiger partial charge in [0.1, 0.15) is 5.82 Å². The van der Waals surface area contributed by atoms with Crippen LogP contribution in [0.5, 0.6) is 0 Å². The minimum atomic E-state index is -0.215. The quantitative estimate of drug-likeness (QED) is 0.256. The van der Waals surface area contributed by atoms with Crippen LogP contribution in [0.3, 0.4) is 0 Å². The van der Waals surface area contributed by atoms with Gasteiger partial charge < -0.3 is 0 Å². The molecule has 0 aliphatic carbocycles. The Hall–Kier alpha value is -3.82. The Balaban J connectivity index is 1.45. The number of aromatic nitrogens is 1. The largest absolute Gasteiger partial charge is 0.256 e. The first-order valence-electron chi connectivity index (χ1n) is 11.4. The third kappa shape index (κ3) is 3.68. The summed E-state index contributed by atoms with van der Waals surface area (Å²) in [7, 11) is 0. The highest BCUT2D eigenvalue weighted by molar-refractivity contribution is 7.26. The molecule has 0 bridgehead atoms. The lowest BCUT2D eigenvalue weighted by Crippen LogP contribution is -1.97. The fourth-order valence-electron chi connectivity index (χ4n) is 4.62. The standard InChI is InChI=1S/C31H22FNS/c1-20(21-6-3-2-4-7-21)23-16-17-33-29(18-23)28-9-5-8-27-26-15-12-24(19-30(26)34-31(27)28)22-10-13-25(32)14-11-22/h2-20H,1H3. The number of benzene rings is 4. The first-order valence-corrected chi connectivity index (χ1v) is 12.2. The van der Waals surface area contributed by atoms with Crippen LogP contribution in [0, 0.1) is 5.82 Å². The number of thiophene rings is 1. The topological polar surface area (TPSA) is 12.9 Å². The molecule has 1 unspecified atom stereocenters. The zero-order valence-corrected chi connectivity index (χ0v) is 19.5. The Labute approximate surface area is 202 Å². The molecule has 0 radical (unpaired) electrons. The Bertz CT molecular complexity index is 1620. The Kier molecular flexibility index (Phi) is 5.20. The SMILES string of the molecule is CC(c1ccccc1)c1ccnc(-c2cccc3c2sc2cc(-c4ccc(F)cc4)ccc23)c1. The Morgan fingerprint density at radius 3 is 2.32 bits per heavy atom. The summed E-state index contributed by atoms with van der Waals surface area (Å²) in [6, 6.07) is 34.6. The van der Waals surface area contributed by atoms with Gasteiger partial charge in [0, 0.05) is 37.9 Å². The van der Waals surface area contributed by atoms with Gasteiger partial charge in [0.05, 0.1) is 5.69 Å². The fourth-order valence-corrected chi connectivity index (χ4v) is 5.88. The molecule has 6 rings (SSSR count). The van der Waals surface area contributed by atoms with Gasteiger partial charge >= 0.3 is 0 Å². The van der Waals surface area contributed by atoms with E-state index in [0.29, 0.717) is 5.92 Å². The summed E-state index contributed by atoms with van der Waals surface area (Å²) >= 11 is 1.79. The van der Waals surface area contributed by atoms with Crippen molar-refractivity contribution in [1.29, 1.82) is 0 Å². The van der Waals surface area contributed by atoms with E-state index in [0.717, 1.165) is 22.4 Å². The molecule has 0 saturated carbocycles. The van der Waals surface area contributed by atoms with E-state index in [2.05, 4.69) is 85.8 Å². The van der Waals surface area contributed by atoms with Crippen LogP contribution in [0.1, 0.15) is 24.0 Å². The van der Waals surface area contributed by atoms with Crippen LogP contribution in [-0.4, -0.2) is 4.98 Å². The van der Waals surface area contributed by atoms with Crippen molar-refractivity contribution in [3.63, 3.8) is 0 Å². The lowest BCUT2D eigenvalue weighted by atomic mass is 9.92. The number of halogens is 1. The molecule has 4 aromatic carbocycles. The van der Waals surface area contributed by atoms with Crippen molar-refractivity contribution < 1.29 is 4.39 Å². The van der Waals surface area contributed by atoms with E-state index in [1.165, 1.54) is 43.4 Å². The number of nitrogens with zero attached hydrogens (tertiary/aromatic N) is 1. The molecule has 0 spiro atoms. The fraction of sp³-hybridized carbons (Fsp3) is 0.0645. The van der Waals surface area contributed by atoms with Gasteiger partial charge in [-0.05, 0) is 52.6 Å². The molecular formula is C31H22FNS. The van der Waals surface area contributed by atoms with Gasteiger partial charge in [-0.1, -0.05) is 79.7 Å². The Morgan fingerprint density at radius 1 is 0.706 bits per heavy atom. The first-order chi connectivity index (χ1) is 16.7. The predicted octanol–water partition coefficient (Wildman–Crippen LogP) is 9.07. The van der Waals surface area contributed by atoms with Gasteiger partial charge in [-0.2, -0.15) is 0 Å². The highest BCUT2D eigenvalue weighted by atomic mass is 32.1. The van der Waals surface area contributed by atoms with Crippen molar-refractivity contribution >= 4 is 31.5 Å². The number of hydrogen-bond acceptors (Lipinski definition) is 2. The van der Waals surface area contributed by atoms with Crippen molar-refractivity contribution in [3.05, 3.63) is 126 Å². The second-order valence-electron chi connectivity index (χ2n) is 8.61. The summed E-state index contributed by atoms with van der Waals surface area (Å²) in [5.41, 5.74) is 6.82. The highest BCUT2D eigenvalue weighted by Crippen LogP contribution is 2.41.